The van der Waals surface area contributed by atoms with E-state index < -0.39 is 10.0 Å². The molecule has 0 bridgehead atoms. The standard InChI is InChI=1S/C15H24N2O2S/c1-11(2)13-7-9-17(10-8-13)20(18,19)15-12(3)5-4-6-14(15)16/h4-6,11,13H,7-10,16H2,1-3H3. The predicted molar refractivity (Wildman–Crippen MR) is 81.9 cm³/mol. The molecule has 1 heterocycles. The fourth-order valence-corrected chi connectivity index (χ4v) is 4.73. The average Bonchev–Trinajstić information content (AvgIpc) is 2.38. The molecule has 1 aliphatic heterocycles. The highest BCUT2D eigenvalue weighted by Crippen LogP contribution is 2.31. The molecule has 1 saturated heterocycles. The van der Waals surface area contributed by atoms with Crippen LogP contribution in [-0.2, 0) is 10.0 Å². The van der Waals surface area contributed by atoms with Crippen LogP contribution >= 0.6 is 0 Å². The summed E-state index contributed by atoms with van der Waals surface area (Å²) >= 11 is 0. The first kappa shape index (κ1) is 15.3. The lowest BCUT2D eigenvalue weighted by atomic mass is 9.87. The average molecular weight is 296 g/mol. The molecule has 0 amide bonds. The van der Waals surface area contributed by atoms with Crippen molar-refractivity contribution in [2.24, 2.45) is 11.8 Å². The van der Waals surface area contributed by atoms with Gasteiger partial charge in [0.15, 0.2) is 0 Å². The van der Waals surface area contributed by atoms with Gasteiger partial charge in [-0.15, -0.1) is 0 Å². The Kier molecular flexibility index (Phi) is 4.39. The summed E-state index contributed by atoms with van der Waals surface area (Å²) < 4.78 is 27.1. The number of piperidine rings is 1. The fraction of sp³-hybridized carbons (Fsp3) is 0.600. The Labute approximate surface area is 122 Å². The summed E-state index contributed by atoms with van der Waals surface area (Å²) in [6, 6.07) is 5.24. The number of sulfonamides is 1. The molecule has 0 spiro atoms. The summed E-state index contributed by atoms with van der Waals surface area (Å²) in [6.45, 7) is 7.39. The molecule has 0 atom stereocenters. The van der Waals surface area contributed by atoms with E-state index in [0.717, 1.165) is 18.4 Å². The maximum atomic E-state index is 12.8. The molecule has 0 radical (unpaired) electrons. The van der Waals surface area contributed by atoms with Crippen molar-refractivity contribution in [1.82, 2.24) is 4.31 Å². The minimum atomic E-state index is -3.46. The van der Waals surface area contributed by atoms with Crippen molar-refractivity contribution in [3.8, 4) is 0 Å². The Morgan fingerprint density at radius 1 is 1.25 bits per heavy atom. The largest absolute Gasteiger partial charge is 0.398 e. The van der Waals surface area contributed by atoms with Gasteiger partial charge in [0.05, 0.1) is 5.69 Å². The highest BCUT2D eigenvalue weighted by molar-refractivity contribution is 7.89. The monoisotopic (exact) mass is 296 g/mol. The quantitative estimate of drug-likeness (QED) is 0.872. The number of aryl methyl sites for hydroxylation is 1. The van der Waals surface area contributed by atoms with Gasteiger partial charge in [-0.1, -0.05) is 26.0 Å². The van der Waals surface area contributed by atoms with E-state index >= 15 is 0 Å². The van der Waals surface area contributed by atoms with Crippen molar-refractivity contribution in [2.75, 3.05) is 18.8 Å². The van der Waals surface area contributed by atoms with Gasteiger partial charge in [0, 0.05) is 13.1 Å². The van der Waals surface area contributed by atoms with Crippen LogP contribution in [0.5, 0.6) is 0 Å². The maximum Gasteiger partial charge on any atom is 0.245 e. The third-order valence-corrected chi connectivity index (χ3v) is 6.40. The van der Waals surface area contributed by atoms with Crippen molar-refractivity contribution in [1.29, 1.82) is 0 Å². The predicted octanol–water partition coefficient (Wildman–Crippen LogP) is 2.63. The molecule has 1 aliphatic rings. The molecule has 4 nitrogen and oxygen atoms in total. The molecular weight excluding hydrogens is 272 g/mol. The number of hydrogen-bond acceptors (Lipinski definition) is 3. The van der Waals surface area contributed by atoms with Crippen LogP contribution in [0.1, 0.15) is 32.3 Å². The van der Waals surface area contributed by atoms with Gasteiger partial charge in [0.2, 0.25) is 10.0 Å². The Balaban J connectivity index is 2.25. The van der Waals surface area contributed by atoms with Gasteiger partial charge in [-0.05, 0) is 43.2 Å². The van der Waals surface area contributed by atoms with Crippen molar-refractivity contribution >= 4 is 15.7 Å². The zero-order chi connectivity index (χ0) is 14.9. The number of benzene rings is 1. The Morgan fingerprint density at radius 2 is 1.85 bits per heavy atom. The Hall–Kier alpha value is -1.07. The van der Waals surface area contributed by atoms with Gasteiger partial charge >= 0.3 is 0 Å². The van der Waals surface area contributed by atoms with E-state index in [0.29, 0.717) is 30.6 Å². The van der Waals surface area contributed by atoms with Gasteiger partial charge in [-0.25, -0.2) is 8.42 Å². The van der Waals surface area contributed by atoms with Crippen LogP contribution in [0.3, 0.4) is 0 Å². The van der Waals surface area contributed by atoms with Gasteiger partial charge in [-0.2, -0.15) is 4.31 Å². The van der Waals surface area contributed by atoms with E-state index in [9.17, 15) is 8.42 Å². The van der Waals surface area contributed by atoms with E-state index in [2.05, 4.69) is 13.8 Å². The molecular formula is C15H24N2O2S. The Morgan fingerprint density at radius 3 is 2.35 bits per heavy atom. The molecule has 5 heteroatoms. The first-order chi connectivity index (χ1) is 9.34. The van der Waals surface area contributed by atoms with Crippen molar-refractivity contribution in [3.63, 3.8) is 0 Å². The summed E-state index contributed by atoms with van der Waals surface area (Å²) in [4.78, 5) is 0.281. The van der Waals surface area contributed by atoms with E-state index in [1.54, 1.807) is 29.4 Å². The Bertz CT molecular complexity index is 553. The second-order valence-corrected chi connectivity index (χ2v) is 7.85. The summed E-state index contributed by atoms with van der Waals surface area (Å²) in [6.07, 6.45) is 1.87. The van der Waals surface area contributed by atoms with Crippen molar-refractivity contribution in [3.05, 3.63) is 23.8 Å². The molecule has 0 aromatic heterocycles. The first-order valence-corrected chi connectivity index (χ1v) is 8.63. The molecule has 0 unspecified atom stereocenters. The van der Waals surface area contributed by atoms with Gasteiger partial charge < -0.3 is 5.73 Å². The number of nitrogens with two attached hydrogens (primary N) is 1. The lowest BCUT2D eigenvalue weighted by Gasteiger charge is -2.33. The third-order valence-electron chi connectivity index (χ3n) is 4.28. The van der Waals surface area contributed by atoms with Gasteiger partial charge in [-0.3, -0.25) is 0 Å². The summed E-state index contributed by atoms with van der Waals surface area (Å²) in [5.74, 6) is 1.24. The number of rotatable bonds is 3. The topological polar surface area (TPSA) is 63.4 Å². The van der Waals surface area contributed by atoms with Crippen LogP contribution < -0.4 is 5.73 Å². The zero-order valence-electron chi connectivity index (χ0n) is 12.5. The lowest BCUT2D eigenvalue weighted by molar-refractivity contribution is 0.226. The summed E-state index contributed by atoms with van der Waals surface area (Å²) in [5.41, 5.74) is 6.95. The number of nitrogens with zero attached hydrogens (tertiary/aromatic N) is 1. The number of nitrogen functional groups attached to an aromatic ring is 1. The summed E-state index contributed by atoms with van der Waals surface area (Å²) in [5, 5.41) is 0. The summed E-state index contributed by atoms with van der Waals surface area (Å²) in [7, 11) is -3.46. The SMILES string of the molecule is Cc1cccc(N)c1S(=O)(=O)N1CCC(C(C)C)CC1. The molecule has 1 fully saturated rings. The van der Waals surface area contributed by atoms with E-state index in [1.807, 2.05) is 0 Å². The van der Waals surface area contributed by atoms with Crippen LogP contribution in [0.4, 0.5) is 5.69 Å². The number of anilines is 1. The van der Waals surface area contributed by atoms with Gasteiger partial charge in [0.25, 0.3) is 0 Å². The van der Waals surface area contributed by atoms with E-state index in [4.69, 9.17) is 5.73 Å². The smallest absolute Gasteiger partial charge is 0.245 e. The molecule has 0 aliphatic carbocycles. The minimum absolute atomic E-state index is 0.281. The van der Waals surface area contributed by atoms with Crippen molar-refractivity contribution in [2.45, 2.75) is 38.5 Å². The molecule has 20 heavy (non-hydrogen) atoms. The first-order valence-electron chi connectivity index (χ1n) is 7.19. The minimum Gasteiger partial charge on any atom is -0.398 e. The third kappa shape index (κ3) is 2.83. The van der Waals surface area contributed by atoms with E-state index in [1.165, 1.54) is 0 Å². The zero-order valence-corrected chi connectivity index (χ0v) is 13.3. The maximum absolute atomic E-state index is 12.8. The fourth-order valence-electron chi connectivity index (χ4n) is 2.94. The highest BCUT2D eigenvalue weighted by Gasteiger charge is 2.32. The highest BCUT2D eigenvalue weighted by atomic mass is 32.2. The molecule has 2 rings (SSSR count). The van der Waals surface area contributed by atoms with Crippen LogP contribution in [0.25, 0.3) is 0 Å². The van der Waals surface area contributed by atoms with Crippen LogP contribution in [-0.4, -0.2) is 25.8 Å². The van der Waals surface area contributed by atoms with Crippen LogP contribution in [0.15, 0.2) is 23.1 Å². The second kappa shape index (κ2) is 5.74. The molecule has 1 aromatic carbocycles. The molecule has 1 aromatic rings. The van der Waals surface area contributed by atoms with Gasteiger partial charge in [0.1, 0.15) is 4.90 Å². The normalized spacial score (nSPS) is 18.6. The van der Waals surface area contributed by atoms with Crippen LogP contribution in [0.2, 0.25) is 0 Å². The molecule has 112 valence electrons. The van der Waals surface area contributed by atoms with Crippen molar-refractivity contribution < 1.29 is 8.42 Å². The molecule has 2 N–H and O–H groups in total. The number of hydrogen-bond donors (Lipinski definition) is 1. The molecule has 0 saturated carbocycles. The van der Waals surface area contributed by atoms with E-state index in [-0.39, 0.29) is 4.90 Å². The lowest BCUT2D eigenvalue weighted by Crippen LogP contribution is -2.40. The van der Waals surface area contributed by atoms with Crippen LogP contribution in [0, 0.1) is 18.8 Å². The second-order valence-electron chi connectivity index (χ2n) is 5.98.